The van der Waals surface area contributed by atoms with Gasteiger partial charge in [-0.15, -0.1) is 0 Å². The van der Waals surface area contributed by atoms with Gasteiger partial charge in [0.05, 0.1) is 0 Å². The van der Waals surface area contributed by atoms with Gasteiger partial charge in [0.15, 0.2) is 6.10 Å². The largest absolute Gasteiger partial charge is 0.449 e. The van der Waals surface area contributed by atoms with Crippen LogP contribution in [0, 0.1) is 5.82 Å². The summed E-state index contributed by atoms with van der Waals surface area (Å²) < 4.78 is 18.2. The number of halogens is 1. The van der Waals surface area contributed by atoms with Crippen molar-refractivity contribution in [1.29, 1.82) is 0 Å². The minimum Gasteiger partial charge on any atom is -0.449 e. The number of carbonyl (C=O) groups is 2. The maximum Gasteiger partial charge on any atom is 0.331 e. The highest BCUT2D eigenvalue weighted by atomic mass is 19.1. The maximum atomic E-state index is 13.1. The maximum absolute atomic E-state index is 13.1. The fourth-order valence-corrected chi connectivity index (χ4v) is 2.55. The molecule has 0 aromatic heterocycles. The number of anilines is 1. The second-order valence-electron chi connectivity index (χ2n) is 6.02. The van der Waals surface area contributed by atoms with E-state index in [0.717, 1.165) is 16.8 Å². The number of esters is 1. The van der Waals surface area contributed by atoms with Crippen LogP contribution in [0.4, 0.5) is 10.1 Å². The van der Waals surface area contributed by atoms with Crippen LogP contribution in [-0.4, -0.2) is 18.0 Å². The van der Waals surface area contributed by atoms with Gasteiger partial charge in [0.25, 0.3) is 5.91 Å². The molecule has 5 heteroatoms. The summed E-state index contributed by atoms with van der Waals surface area (Å²) in [7, 11) is 0. The molecule has 3 aromatic carbocycles. The van der Waals surface area contributed by atoms with Gasteiger partial charge in [-0.1, -0.05) is 42.5 Å². The van der Waals surface area contributed by atoms with E-state index in [1.807, 2.05) is 36.4 Å². The molecule has 0 spiro atoms. The summed E-state index contributed by atoms with van der Waals surface area (Å²) in [6, 6.07) is 19.1. The molecule has 1 atom stereocenters. The van der Waals surface area contributed by atoms with Gasteiger partial charge >= 0.3 is 5.97 Å². The number of benzene rings is 3. The molecule has 4 nitrogen and oxygen atoms in total. The summed E-state index contributed by atoms with van der Waals surface area (Å²) in [6.07, 6.45) is 1.62. The lowest BCUT2D eigenvalue weighted by Crippen LogP contribution is -2.29. The number of fused-ring (bicyclic) bond motifs is 1. The smallest absolute Gasteiger partial charge is 0.331 e. The molecule has 0 bridgehead atoms. The van der Waals surface area contributed by atoms with Crippen LogP contribution < -0.4 is 5.32 Å². The molecule has 0 aliphatic carbocycles. The van der Waals surface area contributed by atoms with Crippen LogP contribution >= 0.6 is 0 Å². The second kappa shape index (κ2) is 8.27. The van der Waals surface area contributed by atoms with Crippen LogP contribution in [-0.2, 0) is 14.3 Å². The molecule has 27 heavy (non-hydrogen) atoms. The molecule has 0 heterocycles. The molecule has 1 amide bonds. The third kappa shape index (κ3) is 5.01. The third-order valence-corrected chi connectivity index (χ3v) is 3.94. The standard InChI is InChI=1S/C22H18FNO3/c1-15(27-21(25)12-9-16-5-4-8-19(23)13-16)22(26)24-20-11-10-17-6-2-3-7-18(17)14-20/h2-15H,1H3,(H,24,26)/b12-9+/t15-/m1/s1. The van der Waals surface area contributed by atoms with Crippen LogP contribution in [0.15, 0.2) is 72.8 Å². The molecule has 0 saturated carbocycles. The van der Waals surface area contributed by atoms with Crippen molar-refractivity contribution in [2.45, 2.75) is 13.0 Å². The van der Waals surface area contributed by atoms with Crippen LogP contribution in [0.1, 0.15) is 12.5 Å². The molecule has 3 rings (SSSR count). The first-order chi connectivity index (χ1) is 13.0. The normalized spacial score (nSPS) is 12.1. The Morgan fingerprint density at radius 1 is 1.00 bits per heavy atom. The highest BCUT2D eigenvalue weighted by molar-refractivity contribution is 5.98. The average Bonchev–Trinajstić information content (AvgIpc) is 2.66. The predicted octanol–water partition coefficient (Wildman–Crippen LogP) is 4.56. The zero-order chi connectivity index (χ0) is 19.2. The molecule has 0 radical (unpaired) electrons. The molecule has 0 aliphatic rings. The van der Waals surface area contributed by atoms with Crippen molar-refractivity contribution in [1.82, 2.24) is 0 Å². The number of carbonyl (C=O) groups excluding carboxylic acids is 2. The van der Waals surface area contributed by atoms with Crippen molar-refractivity contribution in [2.24, 2.45) is 0 Å². The van der Waals surface area contributed by atoms with Crippen LogP contribution in [0.2, 0.25) is 0 Å². The molecule has 3 aromatic rings. The fourth-order valence-electron chi connectivity index (χ4n) is 2.55. The van der Waals surface area contributed by atoms with Gasteiger partial charge in [-0.3, -0.25) is 4.79 Å². The summed E-state index contributed by atoms with van der Waals surface area (Å²) in [4.78, 5) is 24.1. The fraction of sp³-hybridized carbons (Fsp3) is 0.0909. The molecule has 0 fully saturated rings. The summed E-state index contributed by atoms with van der Waals surface area (Å²) in [6.45, 7) is 1.49. The van der Waals surface area contributed by atoms with Crippen molar-refractivity contribution in [3.63, 3.8) is 0 Å². The molecule has 0 unspecified atom stereocenters. The average molecular weight is 363 g/mol. The van der Waals surface area contributed by atoms with Crippen molar-refractivity contribution < 1.29 is 18.7 Å². The Morgan fingerprint density at radius 2 is 1.78 bits per heavy atom. The van der Waals surface area contributed by atoms with Crippen molar-refractivity contribution in [3.05, 3.63) is 84.2 Å². The lowest BCUT2D eigenvalue weighted by Gasteiger charge is -2.13. The predicted molar refractivity (Wildman–Crippen MR) is 104 cm³/mol. The summed E-state index contributed by atoms with van der Waals surface area (Å²) in [5.74, 6) is -1.51. The number of hydrogen-bond donors (Lipinski definition) is 1. The minimum atomic E-state index is -0.971. The van der Waals surface area contributed by atoms with E-state index in [9.17, 15) is 14.0 Å². The van der Waals surface area contributed by atoms with E-state index >= 15 is 0 Å². The third-order valence-electron chi connectivity index (χ3n) is 3.94. The van der Waals surface area contributed by atoms with E-state index in [1.54, 1.807) is 18.2 Å². The highest BCUT2D eigenvalue weighted by Crippen LogP contribution is 2.19. The van der Waals surface area contributed by atoms with Gasteiger partial charge in [-0.2, -0.15) is 0 Å². The number of rotatable bonds is 5. The monoisotopic (exact) mass is 363 g/mol. The van der Waals surface area contributed by atoms with Crippen molar-refractivity contribution in [3.8, 4) is 0 Å². The van der Waals surface area contributed by atoms with Gasteiger partial charge in [0, 0.05) is 11.8 Å². The number of amides is 1. The number of nitrogens with one attached hydrogen (secondary N) is 1. The van der Waals surface area contributed by atoms with Crippen LogP contribution in [0.5, 0.6) is 0 Å². The molecule has 0 saturated heterocycles. The van der Waals surface area contributed by atoms with E-state index in [0.29, 0.717) is 11.3 Å². The zero-order valence-electron chi connectivity index (χ0n) is 14.7. The Morgan fingerprint density at radius 3 is 2.56 bits per heavy atom. The van der Waals surface area contributed by atoms with E-state index < -0.39 is 23.8 Å². The molecule has 136 valence electrons. The van der Waals surface area contributed by atoms with Crippen molar-refractivity contribution >= 4 is 34.4 Å². The zero-order valence-corrected chi connectivity index (χ0v) is 14.7. The minimum absolute atomic E-state index is 0.395. The number of ether oxygens (including phenoxy) is 1. The van der Waals surface area contributed by atoms with Crippen LogP contribution in [0.25, 0.3) is 16.8 Å². The van der Waals surface area contributed by atoms with Gasteiger partial charge < -0.3 is 10.1 Å². The summed E-state index contributed by atoms with van der Waals surface area (Å²) in [5.41, 5.74) is 1.15. The Bertz CT molecular complexity index is 1010. The Labute approximate surface area is 156 Å². The first-order valence-electron chi connectivity index (χ1n) is 8.45. The Kier molecular flexibility index (Phi) is 5.61. The lowest BCUT2D eigenvalue weighted by molar-refractivity contribution is -0.148. The SMILES string of the molecule is C[C@@H](OC(=O)/C=C/c1cccc(F)c1)C(=O)Nc1ccc2ccccc2c1. The lowest BCUT2D eigenvalue weighted by atomic mass is 10.1. The van der Waals surface area contributed by atoms with Crippen LogP contribution in [0.3, 0.4) is 0 Å². The van der Waals surface area contributed by atoms with Gasteiger partial charge in [0.1, 0.15) is 5.82 Å². The van der Waals surface area contributed by atoms with E-state index in [4.69, 9.17) is 4.74 Å². The van der Waals surface area contributed by atoms with Gasteiger partial charge in [-0.25, -0.2) is 9.18 Å². The highest BCUT2D eigenvalue weighted by Gasteiger charge is 2.16. The van der Waals surface area contributed by atoms with E-state index in [-0.39, 0.29) is 0 Å². The molecule has 0 aliphatic heterocycles. The summed E-state index contributed by atoms with van der Waals surface area (Å²) >= 11 is 0. The molecule has 1 N–H and O–H groups in total. The Balaban J connectivity index is 1.58. The van der Waals surface area contributed by atoms with Crippen molar-refractivity contribution in [2.75, 3.05) is 5.32 Å². The Hall–Kier alpha value is -3.47. The summed E-state index contributed by atoms with van der Waals surface area (Å²) in [5, 5.41) is 4.80. The quantitative estimate of drug-likeness (QED) is 0.534. The molecular weight excluding hydrogens is 345 g/mol. The second-order valence-corrected chi connectivity index (χ2v) is 6.02. The number of hydrogen-bond acceptors (Lipinski definition) is 3. The van der Waals surface area contributed by atoms with E-state index in [2.05, 4.69) is 5.32 Å². The first kappa shape index (κ1) is 18.3. The topological polar surface area (TPSA) is 55.4 Å². The van der Waals surface area contributed by atoms with Gasteiger partial charge in [-0.05, 0) is 53.6 Å². The van der Waals surface area contributed by atoms with Gasteiger partial charge in [0.2, 0.25) is 0 Å². The molecular formula is C22H18FNO3. The van der Waals surface area contributed by atoms with E-state index in [1.165, 1.54) is 25.1 Å². The first-order valence-corrected chi connectivity index (χ1v) is 8.45.